The third-order valence-electron chi connectivity index (χ3n) is 4.79. The first-order valence-electron chi connectivity index (χ1n) is 9.01. The second-order valence-corrected chi connectivity index (χ2v) is 6.66. The topological polar surface area (TPSA) is 62.5 Å². The van der Waals surface area contributed by atoms with Gasteiger partial charge in [0.25, 0.3) is 0 Å². The molecular formula is C19H26N4O2. The summed E-state index contributed by atoms with van der Waals surface area (Å²) in [5.41, 5.74) is 2.17. The van der Waals surface area contributed by atoms with E-state index in [4.69, 9.17) is 4.52 Å². The van der Waals surface area contributed by atoms with E-state index >= 15 is 0 Å². The number of amides is 1. The van der Waals surface area contributed by atoms with Gasteiger partial charge in [0.15, 0.2) is 0 Å². The Hall–Kier alpha value is -2.21. The van der Waals surface area contributed by atoms with Crippen LogP contribution in [0.1, 0.15) is 44.2 Å². The summed E-state index contributed by atoms with van der Waals surface area (Å²) in [5.74, 6) is 1.51. The van der Waals surface area contributed by atoms with Gasteiger partial charge in [-0.2, -0.15) is 4.98 Å². The number of hydrogen-bond acceptors (Lipinski definition) is 5. The van der Waals surface area contributed by atoms with Crippen LogP contribution in [-0.4, -0.2) is 52.0 Å². The molecule has 0 spiro atoms. The number of aryl methyl sites for hydroxylation is 1. The average molecular weight is 342 g/mol. The molecule has 0 bridgehead atoms. The average Bonchev–Trinajstić information content (AvgIpc) is 3.12. The van der Waals surface area contributed by atoms with Gasteiger partial charge in [0, 0.05) is 38.2 Å². The van der Waals surface area contributed by atoms with Crippen molar-refractivity contribution in [1.29, 1.82) is 0 Å². The summed E-state index contributed by atoms with van der Waals surface area (Å²) in [7, 11) is 0. The molecule has 0 N–H and O–H groups in total. The maximum Gasteiger partial charge on any atom is 0.244 e. The molecule has 3 rings (SSSR count). The molecule has 0 unspecified atom stereocenters. The standard InChI is InChI=1S/C19H26N4O2/c1-4-5-17(24)23-12-10-22(11-13-23)15(3)19-20-18(21-25-19)16-8-6-14(2)7-9-16/h6-9,15H,4-5,10-13H2,1-3H3/t15-/m0/s1. The number of nitrogens with zero attached hydrogens (tertiary/aromatic N) is 4. The van der Waals surface area contributed by atoms with Crippen molar-refractivity contribution in [2.75, 3.05) is 26.2 Å². The zero-order valence-corrected chi connectivity index (χ0v) is 15.2. The van der Waals surface area contributed by atoms with E-state index in [-0.39, 0.29) is 11.9 Å². The van der Waals surface area contributed by atoms with Gasteiger partial charge in [-0.05, 0) is 20.3 Å². The molecule has 6 heteroatoms. The molecule has 0 aliphatic carbocycles. The molecule has 1 aliphatic rings. The molecule has 1 amide bonds. The largest absolute Gasteiger partial charge is 0.340 e. The molecule has 2 aromatic rings. The van der Waals surface area contributed by atoms with Crippen LogP contribution < -0.4 is 0 Å². The highest BCUT2D eigenvalue weighted by atomic mass is 16.5. The van der Waals surface area contributed by atoms with Crippen molar-refractivity contribution in [3.8, 4) is 11.4 Å². The molecule has 1 saturated heterocycles. The molecule has 2 heterocycles. The second kappa shape index (κ2) is 7.78. The first-order valence-corrected chi connectivity index (χ1v) is 9.01. The fourth-order valence-corrected chi connectivity index (χ4v) is 3.11. The van der Waals surface area contributed by atoms with Gasteiger partial charge in [-0.1, -0.05) is 41.9 Å². The van der Waals surface area contributed by atoms with Crippen LogP contribution in [0, 0.1) is 6.92 Å². The van der Waals surface area contributed by atoms with Gasteiger partial charge >= 0.3 is 0 Å². The van der Waals surface area contributed by atoms with E-state index in [0.717, 1.165) is 38.2 Å². The predicted octanol–water partition coefficient (Wildman–Crippen LogP) is 3.05. The molecule has 1 atom stereocenters. The lowest BCUT2D eigenvalue weighted by molar-refractivity contribution is -0.133. The van der Waals surface area contributed by atoms with Crippen LogP contribution in [0.3, 0.4) is 0 Å². The van der Waals surface area contributed by atoms with Crippen LogP contribution in [0.5, 0.6) is 0 Å². The summed E-state index contributed by atoms with van der Waals surface area (Å²) >= 11 is 0. The van der Waals surface area contributed by atoms with E-state index in [1.54, 1.807) is 0 Å². The van der Waals surface area contributed by atoms with E-state index in [1.807, 2.05) is 36.1 Å². The van der Waals surface area contributed by atoms with Crippen LogP contribution in [0.25, 0.3) is 11.4 Å². The lowest BCUT2D eigenvalue weighted by atomic mass is 10.1. The zero-order valence-electron chi connectivity index (χ0n) is 15.2. The van der Waals surface area contributed by atoms with Gasteiger partial charge in [-0.15, -0.1) is 0 Å². The van der Waals surface area contributed by atoms with Crippen molar-refractivity contribution < 1.29 is 9.32 Å². The molecule has 25 heavy (non-hydrogen) atoms. The Labute approximate surface area is 148 Å². The van der Waals surface area contributed by atoms with Gasteiger partial charge in [0.2, 0.25) is 17.6 Å². The number of carbonyl (C=O) groups is 1. The number of rotatable bonds is 5. The molecule has 1 aromatic heterocycles. The van der Waals surface area contributed by atoms with E-state index in [1.165, 1.54) is 5.56 Å². The molecule has 0 saturated carbocycles. The fraction of sp³-hybridized carbons (Fsp3) is 0.526. The minimum absolute atomic E-state index is 0.0510. The third-order valence-corrected chi connectivity index (χ3v) is 4.79. The molecule has 1 aromatic carbocycles. The van der Waals surface area contributed by atoms with Gasteiger partial charge in [0.05, 0.1) is 6.04 Å². The minimum atomic E-state index is 0.0510. The van der Waals surface area contributed by atoms with Gasteiger partial charge in [-0.25, -0.2) is 0 Å². The van der Waals surface area contributed by atoms with Crippen LogP contribution in [-0.2, 0) is 4.79 Å². The highest BCUT2D eigenvalue weighted by molar-refractivity contribution is 5.76. The normalized spacial score (nSPS) is 16.8. The first-order chi connectivity index (χ1) is 12.1. The van der Waals surface area contributed by atoms with Crippen molar-refractivity contribution >= 4 is 5.91 Å². The maximum absolute atomic E-state index is 12.0. The Kier molecular flexibility index (Phi) is 5.48. The Balaban J connectivity index is 1.62. The fourth-order valence-electron chi connectivity index (χ4n) is 3.11. The predicted molar refractivity (Wildman–Crippen MR) is 95.9 cm³/mol. The number of carbonyl (C=O) groups excluding carboxylic acids is 1. The molecule has 1 aliphatic heterocycles. The van der Waals surface area contributed by atoms with E-state index < -0.39 is 0 Å². The smallest absolute Gasteiger partial charge is 0.244 e. The molecule has 6 nitrogen and oxygen atoms in total. The Bertz CT molecular complexity index is 702. The molecule has 0 radical (unpaired) electrons. The van der Waals surface area contributed by atoms with Gasteiger partial charge in [-0.3, -0.25) is 9.69 Å². The number of aromatic nitrogens is 2. The molecule has 1 fully saturated rings. The van der Waals surface area contributed by atoms with Crippen molar-refractivity contribution in [3.05, 3.63) is 35.7 Å². The zero-order chi connectivity index (χ0) is 17.8. The van der Waals surface area contributed by atoms with Crippen molar-refractivity contribution in [2.45, 2.75) is 39.7 Å². The summed E-state index contributed by atoms with van der Waals surface area (Å²) in [6.45, 7) is 9.37. The summed E-state index contributed by atoms with van der Waals surface area (Å²) in [6, 6.07) is 8.15. The van der Waals surface area contributed by atoms with Crippen LogP contribution in [0.4, 0.5) is 0 Å². The van der Waals surface area contributed by atoms with E-state index in [9.17, 15) is 4.79 Å². The van der Waals surface area contributed by atoms with Crippen LogP contribution in [0.15, 0.2) is 28.8 Å². The number of benzene rings is 1. The molecular weight excluding hydrogens is 316 g/mol. The third kappa shape index (κ3) is 4.07. The maximum atomic E-state index is 12.0. The summed E-state index contributed by atoms with van der Waals surface area (Å²) in [4.78, 5) is 20.8. The Morgan fingerprint density at radius 2 is 1.88 bits per heavy atom. The Morgan fingerprint density at radius 1 is 1.20 bits per heavy atom. The van der Waals surface area contributed by atoms with Crippen LogP contribution >= 0.6 is 0 Å². The summed E-state index contributed by atoms with van der Waals surface area (Å²) in [6.07, 6.45) is 1.54. The lowest BCUT2D eigenvalue weighted by Crippen LogP contribution is -2.49. The summed E-state index contributed by atoms with van der Waals surface area (Å²) < 4.78 is 5.49. The molecule has 134 valence electrons. The van der Waals surface area contributed by atoms with Crippen molar-refractivity contribution in [3.63, 3.8) is 0 Å². The first kappa shape index (κ1) is 17.6. The highest BCUT2D eigenvalue weighted by Gasteiger charge is 2.27. The van der Waals surface area contributed by atoms with E-state index in [0.29, 0.717) is 18.1 Å². The summed E-state index contributed by atoms with van der Waals surface area (Å²) in [5, 5.41) is 4.12. The monoisotopic (exact) mass is 342 g/mol. The van der Waals surface area contributed by atoms with Crippen molar-refractivity contribution in [2.24, 2.45) is 0 Å². The number of hydrogen-bond donors (Lipinski definition) is 0. The van der Waals surface area contributed by atoms with Crippen LogP contribution in [0.2, 0.25) is 0 Å². The lowest BCUT2D eigenvalue weighted by Gasteiger charge is -2.36. The minimum Gasteiger partial charge on any atom is -0.340 e. The van der Waals surface area contributed by atoms with Crippen molar-refractivity contribution in [1.82, 2.24) is 19.9 Å². The number of piperazine rings is 1. The van der Waals surface area contributed by atoms with E-state index in [2.05, 4.69) is 28.9 Å². The highest BCUT2D eigenvalue weighted by Crippen LogP contribution is 2.23. The second-order valence-electron chi connectivity index (χ2n) is 6.66. The van der Waals surface area contributed by atoms with Gasteiger partial charge < -0.3 is 9.42 Å². The van der Waals surface area contributed by atoms with Gasteiger partial charge in [0.1, 0.15) is 0 Å². The quantitative estimate of drug-likeness (QED) is 0.836. The SMILES string of the molecule is CCCC(=O)N1CCN([C@@H](C)c2nc(-c3ccc(C)cc3)no2)CC1. The Morgan fingerprint density at radius 3 is 2.52 bits per heavy atom.